The molecule has 29 heavy (non-hydrogen) atoms. The van der Waals surface area contributed by atoms with Gasteiger partial charge in [0.25, 0.3) is 5.91 Å². The summed E-state index contributed by atoms with van der Waals surface area (Å²) in [6.07, 6.45) is 5.70. The van der Waals surface area contributed by atoms with E-state index in [9.17, 15) is 14.4 Å². The van der Waals surface area contributed by atoms with Crippen LogP contribution in [0.15, 0.2) is 42.5 Å². The molecule has 1 aliphatic carbocycles. The fourth-order valence-corrected chi connectivity index (χ4v) is 4.41. The molecule has 6 nitrogen and oxygen atoms in total. The standard InChI is InChI=1S/C23H26N2O4/c26-21(24-20-12-6-8-16-7-4-5-11-19(16)20)15-29-23(28)17-13-22(27)25(14-17)18-9-2-1-3-10-18/h4-8,11-12,17-18H,1-3,9-10,13-15H2,(H,24,26)/t17-/m0/s1. The highest BCUT2D eigenvalue weighted by molar-refractivity contribution is 6.02. The van der Waals surface area contributed by atoms with Crippen LogP contribution in [0.5, 0.6) is 0 Å². The van der Waals surface area contributed by atoms with Gasteiger partial charge in [0.05, 0.1) is 5.92 Å². The van der Waals surface area contributed by atoms with Crippen LogP contribution in [0.25, 0.3) is 10.8 Å². The largest absolute Gasteiger partial charge is 0.455 e. The second-order valence-electron chi connectivity index (χ2n) is 7.92. The SMILES string of the molecule is O=C(COC(=O)[C@H]1CC(=O)N(C2CCCCC2)C1)Nc1cccc2ccccc12. The minimum Gasteiger partial charge on any atom is -0.455 e. The van der Waals surface area contributed by atoms with Crippen molar-refractivity contribution in [3.63, 3.8) is 0 Å². The first-order valence-electron chi connectivity index (χ1n) is 10.4. The van der Waals surface area contributed by atoms with Crippen LogP contribution in [0.2, 0.25) is 0 Å². The average molecular weight is 394 g/mol. The summed E-state index contributed by atoms with van der Waals surface area (Å²) in [6, 6.07) is 13.7. The summed E-state index contributed by atoms with van der Waals surface area (Å²) in [5.41, 5.74) is 0.684. The number of carbonyl (C=O) groups excluding carboxylic acids is 3. The van der Waals surface area contributed by atoms with Crippen LogP contribution in [0.1, 0.15) is 38.5 Å². The Labute approximate surface area is 170 Å². The zero-order valence-electron chi connectivity index (χ0n) is 16.4. The third kappa shape index (κ3) is 4.42. The molecule has 4 rings (SSSR count). The summed E-state index contributed by atoms with van der Waals surface area (Å²) in [4.78, 5) is 38.9. The first kappa shape index (κ1) is 19.4. The van der Waals surface area contributed by atoms with E-state index in [0.29, 0.717) is 12.2 Å². The van der Waals surface area contributed by atoms with Gasteiger partial charge in [-0.1, -0.05) is 55.7 Å². The van der Waals surface area contributed by atoms with Crippen LogP contribution in [0.3, 0.4) is 0 Å². The van der Waals surface area contributed by atoms with E-state index < -0.39 is 11.9 Å². The number of amides is 2. The summed E-state index contributed by atoms with van der Waals surface area (Å²) in [6.45, 7) is 0.0590. The van der Waals surface area contributed by atoms with Crippen molar-refractivity contribution in [3.8, 4) is 0 Å². The Balaban J connectivity index is 1.30. The molecule has 152 valence electrons. The van der Waals surface area contributed by atoms with E-state index in [1.165, 1.54) is 6.42 Å². The molecule has 6 heteroatoms. The lowest BCUT2D eigenvalue weighted by atomic mass is 9.94. The van der Waals surface area contributed by atoms with Crippen molar-refractivity contribution in [2.45, 2.75) is 44.6 Å². The molecular weight excluding hydrogens is 368 g/mol. The molecule has 1 N–H and O–H groups in total. The smallest absolute Gasteiger partial charge is 0.311 e. The molecule has 2 aromatic carbocycles. The molecule has 0 unspecified atom stereocenters. The Morgan fingerprint density at radius 1 is 1.03 bits per heavy atom. The highest BCUT2D eigenvalue weighted by Gasteiger charge is 2.39. The van der Waals surface area contributed by atoms with Crippen molar-refractivity contribution in [2.24, 2.45) is 5.92 Å². The summed E-state index contributed by atoms with van der Waals surface area (Å²) in [5.74, 6) is -1.30. The highest BCUT2D eigenvalue weighted by Crippen LogP contribution is 2.29. The maximum atomic E-state index is 12.4. The number of ether oxygens (including phenoxy) is 1. The fraction of sp³-hybridized carbons (Fsp3) is 0.435. The van der Waals surface area contributed by atoms with Gasteiger partial charge in [0.15, 0.2) is 6.61 Å². The number of esters is 1. The van der Waals surface area contributed by atoms with E-state index in [1.807, 2.05) is 47.4 Å². The van der Waals surface area contributed by atoms with E-state index >= 15 is 0 Å². The monoisotopic (exact) mass is 394 g/mol. The lowest BCUT2D eigenvalue weighted by Crippen LogP contribution is -2.38. The van der Waals surface area contributed by atoms with Gasteiger partial charge >= 0.3 is 5.97 Å². The number of hydrogen-bond donors (Lipinski definition) is 1. The Kier molecular flexibility index (Phi) is 5.79. The Bertz CT molecular complexity index is 915. The third-order valence-electron chi connectivity index (χ3n) is 5.92. The van der Waals surface area contributed by atoms with Crippen LogP contribution < -0.4 is 5.32 Å². The summed E-state index contributed by atoms with van der Waals surface area (Å²) in [7, 11) is 0. The lowest BCUT2D eigenvalue weighted by Gasteiger charge is -2.31. The van der Waals surface area contributed by atoms with Gasteiger partial charge in [-0.3, -0.25) is 14.4 Å². The minimum absolute atomic E-state index is 0.0269. The van der Waals surface area contributed by atoms with Gasteiger partial charge < -0.3 is 15.0 Å². The van der Waals surface area contributed by atoms with Gasteiger partial charge in [-0.15, -0.1) is 0 Å². The third-order valence-corrected chi connectivity index (χ3v) is 5.92. The fourth-order valence-electron chi connectivity index (χ4n) is 4.41. The first-order chi connectivity index (χ1) is 14.1. The molecule has 2 aromatic rings. The first-order valence-corrected chi connectivity index (χ1v) is 10.4. The van der Waals surface area contributed by atoms with Crippen LogP contribution in [0.4, 0.5) is 5.69 Å². The molecule has 1 heterocycles. The number of fused-ring (bicyclic) bond motifs is 1. The predicted molar refractivity (Wildman–Crippen MR) is 110 cm³/mol. The second-order valence-corrected chi connectivity index (χ2v) is 7.92. The normalized spacial score (nSPS) is 20.1. The number of nitrogens with one attached hydrogen (secondary N) is 1. The molecule has 0 radical (unpaired) electrons. The van der Waals surface area contributed by atoms with Crippen LogP contribution in [-0.2, 0) is 19.1 Å². The maximum absolute atomic E-state index is 12.4. The Morgan fingerprint density at radius 2 is 1.79 bits per heavy atom. The maximum Gasteiger partial charge on any atom is 0.311 e. The molecule has 0 aromatic heterocycles. The molecule has 0 spiro atoms. The Morgan fingerprint density at radius 3 is 2.62 bits per heavy atom. The van der Waals surface area contributed by atoms with Crippen LogP contribution in [-0.4, -0.2) is 41.9 Å². The molecule has 2 amide bonds. The van der Waals surface area contributed by atoms with Crippen molar-refractivity contribution in [3.05, 3.63) is 42.5 Å². The zero-order valence-corrected chi connectivity index (χ0v) is 16.4. The molecule has 1 saturated carbocycles. The molecule has 2 fully saturated rings. The van der Waals surface area contributed by atoms with Gasteiger partial charge in [0.1, 0.15) is 0 Å². The van der Waals surface area contributed by atoms with Gasteiger partial charge in [-0.05, 0) is 24.3 Å². The summed E-state index contributed by atoms with van der Waals surface area (Å²) >= 11 is 0. The average Bonchev–Trinajstić information content (AvgIpc) is 3.15. The van der Waals surface area contributed by atoms with Gasteiger partial charge in [-0.25, -0.2) is 0 Å². The molecule has 1 atom stereocenters. The van der Waals surface area contributed by atoms with Crippen LogP contribution >= 0.6 is 0 Å². The summed E-state index contributed by atoms with van der Waals surface area (Å²) < 4.78 is 5.23. The van der Waals surface area contributed by atoms with Crippen molar-refractivity contribution in [2.75, 3.05) is 18.5 Å². The van der Waals surface area contributed by atoms with E-state index in [2.05, 4.69) is 5.32 Å². The molecular formula is C23H26N2O4. The number of carbonyl (C=O) groups is 3. The number of likely N-dealkylation sites (tertiary alicyclic amines) is 1. The van der Waals surface area contributed by atoms with Crippen molar-refractivity contribution < 1.29 is 19.1 Å². The van der Waals surface area contributed by atoms with E-state index in [0.717, 1.165) is 36.5 Å². The van der Waals surface area contributed by atoms with Crippen LogP contribution in [0, 0.1) is 5.92 Å². The van der Waals surface area contributed by atoms with Crippen molar-refractivity contribution in [1.82, 2.24) is 4.90 Å². The quantitative estimate of drug-likeness (QED) is 0.788. The summed E-state index contributed by atoms with van der Waals surface area (Å²) in [5, 5.41) is 4.76. The number of rotatable bonds is 5. The number of hydrogen-bond acceptors (Lipinski definition) is 4. The van der Waals surface area contributed by atoms with Crippen molar-refractivity contribution in [1.29, 1.82) is 0 Å². The molecule has 0 bridgehead atoms. The van der Waals surface area contributed by atoms with E-state index in [-0.39, 0.29) is 30.9 Å². The zero-order chi connectivity index (χ0) is 20.2. The minimum atomic E-state index is -0.477. The predicted octanol–water partition coefficient (Wildman–Crippen LogP) is 3.50. The Hall–Kier alpha value is -2.89. The number of benzene rings is 2. The second kappa shape index (κ2) is 8.64. The molecule has 2 aliphatic rings. The number of nitrogens with zero attached hydrogens (tertiary/aromatic N) is 1. The topological polar surface area (TPSA) is 75.7 Å². The van der Waals surface area contributed by atoms with E-state index in [1.54, 1.807) is 0 Å². The van der Waals surface area contributed by atoms with Gasteiger partial charge in [0, 0.05) is 30.1 Å². The van der Waals surface area contributed by atoms with Gasteiger partial charge in [0.2, 0.25) is 5.91 Å². The lowest BCUT2D eigenvalue weighted by molar-refractivity contribution is -0.151. The highest BCUT2D eigenvalue weighted by atomic mass is 16.5. The van der Waals surface area contributed by atoms with E-state index in [4.69, 9.17) is 4.74 Å². The van der Waals surface area contributed by atoms with Crippen molar-refractivity contribution >= 4 is 34.2 Å². The molecule has 1 aliphatic heterocycles. The molecule has 1 saturated heterocycles. The number of anilines is 1. The van der Waals surface area contributed by atoms with Gasteiger partial charge in [-0.2, -0.15) is 0 Å².